The van der Waals surface area contributed by atoms with Crippen LogP contribution < -0.4 is 9.80 Å². The minimum absolute atomic E-state index is 0.0427. The second-order valence-corrected chi connectivity index (χ2v) is 19.5. The molecule has 0 bridgehead atoms. The Labute approximate surface area is 328 Å². The molecule has 0 spiro atoms. The molecule has 0 fully saturated rings. The molecule has 0 saturated heterocycles. The third-order valence-electron chi connectivity index (χ3n) is 10.5. The van der Waals surface area contributed by atoms with Gasteiger partial charge in [-0.2, -0.15) is 0 Å². The van der Waals surface area contributed by atoms with Gasteiger partial charge in [0.05, 0.1) is 27.8 Å². The molecule has 8 rings (SSSR count). The zero-order chi connectivity index (χ0) is 37.7. The molecule has 0 unspecified atom stereocenters. The normalized spacial score (nSPS) is 14.2. The Bertz CT molecular complexity index is 2260. The molecule has 54 heavy (non-hydrogen) atoms. The summed E-state index contributed by atoms with van der Waals surface area (Å²) in [4.78, 5) is 9.87. The van der Waals surface area contributed by atoms with E-state index in [1.54, 1.807) is 0 Å². The molecule has 2 nitrogen and oxygen atoms in total. The van der Waals surface area contributed by atoms with Crippen LogP contribution >= 0.6 is 21.6 Å². The van der Waals surface area contributed by atoms with Gasteiger partial charge in [-0.15, -0.1) is 10.0 Å². The largest absolute Gasteiger partial charge is 0.309 e. The maximum Gasteiger partial charge on any atom is 0.0887 e. The van der Waals surface area contributed by atoms with Crippen LogP contribution in [0.25, 0.3) is 0 Å². The zero-order valence-corrected chi connectivity index (χ0v) is 33.5. The molecule has 0 saturated carbocycles. The number of para-hydroxylation sites is 2. The van der Waals surface area contributed by atoms with Gasteiger partial charge in [-0.1, -0.05) is 144 Å². The molecule has 7 aromatic rings. The first-order chi connectivity index (χ1) is 26.0. The lowest BCUT2D eigenvalue weighted by molar-refractivity contribution is 0.590. The maximum atomic E-state index is 7.81. The van der Waals surface area contributed by atoms with Crippen LogP contribution in [0.5, 0.6) is 0 Å². The van der Waals surface area contributed by atoms with E-state index in [9.17, 15) is 0 Å². The third kappa shape index (κ3) is 6.10. The van der Waals surface area contributed by atoms with Crippen LogP contribution in [0.15, 0.2) is 196 Å². The van der Waals surface area contributed by atoms with Crippen LogP contribution in [0.4, 0.5) is 34.1 Å². The van der Waals surface area contributed by atoms with Crippen LogP contribution in [-0.4, -0.2) is 0 Å². The van der Waals surface area contributed by atoms with Gasteiger partial charge < -0.3 is 9.80 Å². The summed E-state index contributed by atoms with van der Waals surface area (Å²) in [5.74, 6) is 0. The lowest BCUT2D eigenvalue weighted by Crippen LogP contribution is -2.22. The van der Waals surface area contributed by atoms with Crippen LogP contribution in [0.2, 0.25) is 5.02 Å². The number of nitrogens with zero attached hydrogens (tertiary/aromatic N) is 2. The van der Waals surface area contributed by atoms with Crippen LogP contribution in [0.1, 0.15) is 52.7 Å². The van der Waals surface area contributed by atoms with Gasteiger partial charge in [0.25, 0.3) is 0 Å². The molecule has 4 heteroatoms. The first-order valence-corrected chi connectivity index (χ1v) is 20.7. The summed E-state index contributed by atoms with van der Waals surface area (Å²) in [7, 11) is -1.87. The van der Waals surface area contributed by atoms with Crippen LogP contribution in [0, 0.1) is 0 Å². The molecule has 1 aliphatic heterocycles. The summed E-state index contributed by atoms with van der Waals surface area (Å²) in [6.45, 7) is 13.5. The van der Waals surface area contributed by atoms with Crippen molar-refractivity contribution in [1.82, 2.24) is 0 Å². The van der Waals surface area contributed by atoms with Gasteiger partial charge in [0, 0.05) is 31.0 Å². The summed E-state index contributed by atoms with van der Waals surface area (Å²) in [5.41, 5.74) is 8.90. The van der Waals surface area contributed by atoms with E-state index < -0.39 is 10.0 Å². The van der Waals surface area contributed by atoms with E-state index >= 15 is 0 Å². The van der Waals surface area contributed by atoms with Crippen molar-refractivity contribution in [1.29, 1.82) is 0 Å². The van der Waals surface area contributed by atoms with Gasteiger partial charge in [-0.05, 0) is 107 Å². The first-order valence-electron chi connectivity index (χ1n) is 18.7. The SMILES string of the molecule is CC(C)(C)c1ccc(N(c2ccc(C(C)(C)C)cc2)c2cccc(N3c4ccccc4S(c4ccccc4)(c4ccccc4)c4ccccc43)c2Cl)cc1. The molecular weight excluding hydrogens is 696 g/mol. The van der Waals surface area contributed by atoms with Crippen LogP contribution in [-0.2, 0) is 10.8 Å². The number of fused-ring (bicyclic) bond motifs is 2. The number of rotatable bonds is 6. The van der Waals surface area contributed by atoms with Gasteiger partial charge in [0.2, 0.25) is 0 Å². The summed E-state index contributed by atoms with van der Waals surface area (Å²) >= 11 is 7.81. The molecule has 1 aliphatic rings. The van der Waals surface area contributed by atoms with Crippen molar-refractivity contribution >= 4 is 55.8 Å². The molecular formula is C50H47ClN2S. The topological polar surface area (TPSA) is 6.48 Å². The molecule has 270 valence electrons. The quantitative estimate of drug-likeness (QED) is 0.167. The predicted octanol–water partition coefficient (Wildman–Crippen LogP) is 15.5. The number of hydrogen-bond donors (Lipinski definition) is 0. The Balaban J connectivity index is 1.36. The molecule has 1 heterocycles. The number of anilines is 6. The highest BCUT2D eigenvalue weighted by molar-refractivity contribution is 8.34. The van der Waals surface area contributed by atoms with Crippen LogP contribution in [0.3, 0.4) is 0 Å². The highest BCUT2D eigenvalue weighted by Crippen LogP contribution is 2.79. The second-order valence-electron chi connectivity index (χ2n) is 16.0. The molecule has 0 N–H and O–H groups in total. The van der Waals surface area contributed by atoms with E-state index in [1.165, 1.54) is 30.7 Å². The first kappa shape index (κ1) is 35.8. The van der Waals surface area contributed by atoms with E-state index in [-0.39, 0.29) is 10.8 Å². The van der Waals surface area contributed by atoms with Crippen molar-refractivity contribution in [2.45, 2.75) is 72.0 Å². The minimum atomic E-state index is -1.87. The Morgan fingerprint density at radius 2 is 0.815 bits per heavy atom. The highest BCUT2D eigenvalue weighted by Gasteiger charge is 2.43. The summed E-state index contributed by atoms with van der Waals surface area (Å²) in [5, 5.41) is 0.684. The Morgan fingerprint density at radius 3 is 1.24 bits per heavy atom. The Hall–Kier alpha value is -5.22. The van der Waals surface area contributed by atoms with E-state index in [2.05, 4.69) is 227 Å². The summed E-state index contributed by atoms with van der Waals surface area (Å²) < 4.78 is 0. The van der Waals surface area contributed by atoms with Crippen molar-refractivity contribution in [2.24, 2.45) is 0 Å². The Morgan fingerprint density at radius 1 is 0.426 bits per heavy atom. The lowest BCUT2D eigenvalue weighted by atomic mass is 9.86. The fraction of sp³-hybridized carbons (Fsp3) is 0.160. The summed E-state index contributed by atoms with van der Waals surface area (Å²) in [6, 6.07) is 64.3. The highest BCUT2D eigenvalue weighted by atomic mass is 35.5. The fourth-order valence-electron chi connectivity index (χ4n) is 7.70. The minimum Gasteiger partial charge on any atom is -0.309 e. The standard InChI is InChI=1S/C50H47ClN2S/c1-49(2,3)36-28-32-38(33-29-36)52(39-34-30-37(31-35-39)50(4,5)6)44-24-17-25-45(48(44)51)53-42-22-13-15-26-46(42)54(40-18-9-7-10-19-40,41-20-11-8-12-21-41)47-27-16-14-23-43(47)53/h7-35H,1-6H3. The second kappa shape index (κ2) is 13.9. The maximum absolute atomic E-state index is 7.81. The van der Waals surface area contributed by atoms with E-state index in [4.69, 9.17) is 11.6 Å². The van der Waals surface area contributed by atoms with E-state index in [1.807, 2.05) is 0 Å². The van der Waals surface area contributed by atoms with Gasteiger partial charge in [-0.25, -0.2) is 0 Å². The average Bonchev–Trinajstić information content (AvgIpc) is 3.18. The van der Waals surface area contributed by atoms with E-state index in [0.717, 1.165) is 34.1 Å². The summed E-state index contributed by atoms with van der Waals surface area (Å²) in [6.07, 6.45) is 0. The molecule has 0 aromatic heterocycles. The third-order valence-corrected chi connectivity index (χ3v) is 14.8. The average molecular weight is 743 g/mol. The Kier molecular flexibility index (Phi) is 9.20. The number of halogens is 1. The monoisotopic (exact) mass is 742 g/mol. The van der Waals surface area contributed by atoms with Crippen molar-refractivity contribution in [3.63, 3.8) is 0 Å². The lowest BCUT2D eigenvalue weighted by Gasteiger charge is -2.50. The van der Waals surface area contributed by atoms with Crippen molar-refractivity contribution < 1.29 is 0 Å². The van der Waals surface area contributed by atoms with Gasteiger partial charge in [0.1, 0.15) is 0 Å². The smallest absolute Gasteiger partial charge is 0.0887 e. The van der Waals surface area contributed by atoms with Crippen molar-refractivity contribution in [3.05, 3.63) is 192 Å². The van der Waals surface area contributed by atoms with Gasteiger partial charge in [-0.3, -0.25) is 0 Å². The van der Waals surface area contributed by atoms with Crippen molar-refractivity contribution in [3.8, 4) is 0 Å². The molecule has 0 aliphatic carbocycles. The number of hydrogen-bond acceptors (Lipinski definition) is 2. The molecule has 0 atom stereocenters. The van der Waals surface area contributed by atoms with E-state index in [0.29, 0.717) is 5.02 Å². The fourth-order valence-corrected chi connectivity index (χ4v) is 12.2. The van der Waals surface area contributed by atoms with Gasteiger partial charge >= 0.3 is 0 Å². The molecule has 0 radical (unpaired) electrons. The number of benzene rings is 7. The molecule has 0 amide bonds. The van der Waals surface area contributed by atoms with Crippen molar-refractivity contribution in [2.75, 3.05) is 9.80 Å². The molecule has 7 aromatic carbocycles. The predicted molar refractivity (Wildman–Crippen MR) is 232 cm³/mol. The van der Waals surface area contributed by atoms with Gasteiger partial charge in [0.15, 0.2) is 0 Å². The zero-order valence-electron chi connectivity index (χ0n) is 31.9.